The SMILES string of the molecule is C=C(C)[C@@H]1C=CC2=C3CC[C@@](C)([C@H](C)CC(=O)[C@@H]4CC(CCC=C(C)C)=CC[C@@]4(C)C(=O)O)[C@]3(C)CC[C@H]2[C@@]1(C)CCC(=O)O. The van der Waals surface area contributed by atoms with E-state index in [1.165, 1.54) is 22.3 Å². The van der Waals surface area contributed by atoms with Crippen molar-refractivity contribution in [3.8, 4) is 0 Å². The number of carboxylic acid groups (broad SMARTS) is 2. The van der Waals surface area contributed by atoms with Crippen LogP contribution in [0.25, 0.3) is 0 Å². The van der Waals surface area contributed by atoms with Crippen LogP contribution in [-0.4, -0.2) is 27.9 Å². The van der Waals surface area contributed by atoms with Crippen molar-refractivity contribution in [2.45, 2.75) is 126 Å². The molecule has 248 valence electrons. The molecule has 0 spiro atoms. The largest absolute Gasteiger partial charge is 0.481 e. The van der Waals surface area contributed by atoms with Crippen LogP contribution in [0.5, 0.6) is 0 Å². The first-order valence-corrected chi connectivity index (χ1v) is 17.3. The Morgan fingerprint density at radius 3 is 2.38 bits per heavy atom. The van der Waals surface area contributed by atoms with Crippen LogP contribution in [0.15, 0.2) is 58.7 Å². The van der Waals surface area contributed by atoms with Crippen LogP contribution in [0.2, 0.25) is 0 Å². The normalized spacial score (nSPS) is 36.4. The fourth-order valence-corrected chi connectivity index (χ4v) is 9.94. The minimum atomic E-state index is -1.07. The molecule has 4 aliphatic carbocycles. The number of carboxylic acids is 2. The topological polar surface area (TPSA) is 91.7 Å². The van der Waals surface area contributed by atoms with E-state index in [1.807, 2.05) is 0 Å². The first-order chi connectivity index (χ1) is 20.9. The third kappa shape index (κ3) is 6.22. The highest BCUT2D eigenvalue weighted by molar-refractivity contribution is 5.89. The number of hydrogen-bond donors (Lipinski definition) is 2. The van der Waals surface area contributed by atoms with Crippen molar-refractivity contribution in [2.24, 2.45) is 45.3 Å². The van der Waals surface area contributed by atoms with Crippen molar-refractivity contribution >= 4 is 17.7 Å². The van der Waals surface area contributed by atoms with Crippen molar-refractivity contribution in [1.29, 1.82) is 0 Å². The quantitative estimate of drug-likeness (QED) is 0.212. The van der Waals surface area contributed by atoms with Crippen LogP contribution >= 0.6 is 0 Å². The number of ketones is 1. The van der Waals surface area contributed by atoms with Gasteiger partial charge in [0.25, 0.3) is 0 Å². The summed E-state index contributed by atoms with van der Waals surface area (Å²) in [5, 5.41) is 19.9. The van der Waals surface area contributed by atoms with E-state index in [0.717, 1.165) is 44.1 Å². The summed E-state index contributed by atoms with van der Waals surface area (Å²) < 4.78 is 0. The Kier molecular flexibility index (Phi) is 10.0. The number of rotatable bonds is 12. The van der Waals surface area contributed by atoms with Gasteiger partial charge in [-0.3, -0.25) is 14.4 Å². The molecule has 2 N–H and O–H groups in total. The van der Waals surface area contributed by atoms with Gasteiger partial charge in [0, 0.05) is 24.7 Å². The fourth-order valence-electron chi connectivity index (χ4n) is 9.94. The average molecular weight is 619 g/mol. The fraction of sp³-hybridized carbons (Fsp3) is 0.675. The van der Waals surface area contributed by atoms with Gasteiger partial charge < -0.3 is 10.2 Å². The lowest BCUT2D eigenvalue weighted by molar-refractivity contribution is -0.155. The summed E-state index contributed by atoms with van der Waals surface area (Å²) in [6.07, 6.45) is 16.8. The predicted molar refractivity (Wildman–Crippen MR) is 182 cm³/mol. The lowest BCUT2D eigenvalue weighted by atomic mass is 9.49. The smallest absolute Gasteiger partial charge is 0.310 e. The Balaban J connectivity index is 1.60. The summed E-state index contributed by atoms with van der Waals surface area (Å²) in [5.74, 6) is -1.48. The van der Waals surface area contributed by atoms with E-state index in [-0.39, 0.29) is 40.3 Å². The number of fused-ring (bicyclic) bond motifs is 2. The Labute approximate surface area is 272 Å². The van der Waals surface area contributed by atoms with Gasteiger partial charge in [0.15, 0.2) is 0 Å². The Bertz CT molecular complexity index is 1360. The van der Waals surface area contributed by atoms with Gasteiger partial charge in [-0.15, -0.1) is 0 Å². The van der Waals surface area contributed by atoms with Crippen molar-refractivity contribution < 1.29 is 24.6 Å². The number of Topliss-reactive ketones (excluding diaryl/α,β-unsaturated/α-hetero) is 1. The van der Waals surface area contributed by atoms with Gasteiger partial charge in [-0.2, -0.15) is 0 Å². The molecule has 4 rings (SSSR count). The molecule has 0 amide bonds. The van der Waals surface area contributed by atoms with Crippen LogP contribution in [0.1, 0.15) is 126 Å². The Hall–Kier alpha value is -2.69. The monoisotopic (exact) mass is 618 g/mol. The summed E-state index contributed by atoms with van der Waals surface area (Å²) in [7, 11) is 0. The number of hydrogen-bond acceptors (Lipinski definition) is 3. The van der Waals surface area contributed by atoms with Crippen molar-refractivity contribution in [1.82, 2.24) is 0 Å². The maximum Gasteiger partial charge on any atom is 0.310 e. The van der Waals surface area contributed by atoms with Gasteiger partial charge >= 0.3 is 11.9 Å². The summed E-state index contributed by atoms with van der Waals surface area (Å²) in [4.78, 5) is 38.4. The van der Waals surface area contributed by atoms with E-state index in [4.69, 9.17) is 0 Å². The second-order valence-electron chi connectivity index (χ2n) is 16.3. The molecule has 1 saturated carbocycles. The molecule has 0 aromatic heterocycles. The van der Waals surface area contributed by atoms with E-state index < -0.39 is 23.3 Å². The Morgan fingerprint density at radius 2 is 1.78 bits per heavy atom. The molecule has 0 aliphatic heterocycles. The van der Waals surface area contributed by atoms with Crippen LogP contribution in [-0.2, 0) is 14.4 Å². The molecule has 8 atom stereocenters. The van der Waals surface area contributed by atoms with Gasteiger partial charge in [0.2, 0.25) is 0 Å². The summed E-state index contributed by atoms with van der Waals surface area (Å²) >= 11 is 0. The molecule has 5 heteroatoms. The first-order valence-electron chi connectivity index (χ1n) is 17.3. The molecule has 0 radical (unpaired) electrons. The molecule has 0 unspecified atom stereocenters. The van der Waals surface area contributed by atoms with Crippen LogP contribution in [0.3, 0.4) is 0 Å². The maximum absolute atomic E-state index is 14.2. The molecule has 0 heterocycles. The minimum absolute atomic E-state index is 0.0648. The molecule has 0 bridgehead atoms. The van der Waals surface area contributed by atoms with Crippen LogP contribution in [0.4, 0.5) is 0 Å². The third-order valence-corrected chi connectivity index (χ3v) is 13.4. The zero-order valence-corrected chi connectivity index (χ0v) is 29.2. The highest BCUT2D eigenvalue weighted by Gasteiger charge is 2.59. The van der Waals surface area contributed by atoms with E-state index in [1.54, 1.807) is 6.92 Å². The number of carbonyl (C=O) groups excluding carboxylic acids is 1. The molecule has 4 aliphatic rings. The molecule has 45 heavy (non-hydrogen) atoms. The second-order valence-corrected chi connectivity index (χ2v) is 16.3. The molecular formula is C40H58O5. The minimum Gasteiger partial charge on any atom is -0.481 e. The van der Waals surface area contributed by atoms with Crippen LogP contribution in [0, 0.1) is 45.3 Å². The first kappa shape index (κ1) is 35.2. The van der Waals surface area contributed by atoms with E-state index in [2.05, 4.69) is 79.3 Å². The highest BCUT2D eigenvalue weighted by atomic mass is 16.4. The summed E-state index contributed by atoms with van der Waals surface area (Å²) in [5.41, 5.74) is 5.04. The lowest BCUT2D eigenvalue weighted by Crippen LogP contribution is -2.47. The number of carbonyl (C=O) groups is 3. The zero-order valence-electron chi connectivity index (χ0n) is 29.2. The van der Waals surface area contributed by atoms with Gasteiger partial charge in [0.1, 0.15) is 5.78 Å². The summed E-state index contributed by atoms with van der Waals surface area (Å²) in [6.45, 7) is 21.6. The van der Waals surface area contributed by atoms with Gasteiger partial charge in [0.05, 0.1) is 5.41 Å². The lowest BCUT2D eigenvalue weighted by Gasteiger charge is -2.55. The van der Waals surface area contributed by atoms with Crippen molar-refractivity contribution in [2.75, 3.05) is 0 Å². The number of aliphatic carboxylic acids is 2. The maximum atomic E-state index is 14.2. The van der Waals surface area contributed by atoms with Crippen molar-refractivity contribution in [3.63, 3.8) is 0 Å². The molecular weight excluding hydrogens is 560 g/mol. The van der Waals surface area contributed by atoms with Gasteiger partial charge in [-0.25, -0.2) is 0 Å². The highest BCUT2D eigenvalue weighted by Crippen LogP contribution is 2.68. The van der Waals surface area contributed by atoms with Gasteiger partial charge in [-0.1, -0.05) is 80.9 Å². The van der Waals surface area contributed by atoms with Gasteiger partial charge in [-0.05, 0) is 119 Å². The third-order valence-electron chi connectivity index (χ3n) is 13.4. The average Bonchev–Trinajstić information content (AvgIpc) is 3.24. The van der Waals surface area contributed by atoms with Crippen molar-refractivity contribution in [3.05, 3.63) is 58.7 Å². The van der Waals surface area contributed by atoms with E-state index in [9.17, 15) is 24.6 Å². The molecule has 5 nitrogen and oxygen atoms in total. The molecule has 0 aromatic carbocycles. The predicted octanol–water partition coefficient (Wildman–Crippen LogP) is 9.90. The second kappa shape index (κ2) is 12.8. The molecule has 0 aromatic rings. The van der Waals surface area contributed by atoms with Crippen LogP contribution < -0.4 is 0 Å². The summed E-state index contributed by atoms with van der Waals surface area (Å²) in [6, 6.07) is 0. The Morgan fingerprint density at radius 1 is 1.09 bits per heavy atom. The van der Waals surface area contributed by atoms with E-state index in [0.29, 0.717) is 31.6 Å². The number of allylic oxidation sites excluding steroid dienone is 9. The molecule has 0 saturated heterocycles. The standard InChI is InChI=1S/C40H58O5/c1-25(2)11-10-12-28-15-19-38(7,36(44)45)33(24-28)34(41)23-27(5)39(8)21-17-32-29-13-14-30(26(3)4)37(6,20-18-35(42)43)31(29)16-22-40(32,39)9/h11,13-15,27,30-31,33H,3,10,12,16-24H2,1-2,4-9H3,(H,42,43)(H,44,45)/t27-,30+,31-,33+,37+,38-,39+,40-/m1/s1. The van der Waals surface area contributed by atoms with E-state index >= 15 is 0 Å². The molecule has 1 fully saturated rings. The zero-order chi connectivity index (χ0) is 33.5.